The Kier molecular flexibility index (Phi) is 6.29. The number of nitrogens with zero attached hydrogens (tertiary/aromatic N) is 1. The molecular weight excluding hydrogens is 362 g/mol. The first-order valence-electron chi connectivity index (χ1n) is 10.1. The van der Waals surface area contributed by atoms with Crippen molar-refractivity contribution in [2.24, 2.45) is 5.92 Å². The van der Waals surface area contributed by atoms with E-state index in [-0.39, 0.29) is 5.60 Å². The molecule has 0 spiro atoms. The summed E-state index contributed by atoms with van der Waals surface area (Å²) in [5.41, 5.74) is 2.43. The van der Waals surface area contributed by atoms with Crippen molar-refractivity contribution in [3.05, 3.63) is 22.2 Å². The number of hydrogen-bond donors (Lipinski definition) is 0. The first kappa shape index (κ1) is 20.8. The van der Waals surface area contributed by atoms with Gasteiger partial charge in [0.1, 0.15) is 0 Å². The molecule has 0 radical (unpaired) electrons. The third-order valence-electron chi connectivity index (χ3n) is 5.27. The Morgan fingerprint density at radius 1 is 1.26 bits per heavy atom. The Labute approximate surface area is 169 Å². The van der Waals surface area contributed by atoms with E-state index in [1.165, 1.54) is 11.1 Å². The summed E-state index contributed by atoms with van der Waals surface area (Å²) in [7, 11) is 1.69. The standard InChI is InChI=1S/C22H34ClNO3/c1-14(2)13-26-21-19(25-6)11-17-16(20(21)23)9-10-24-12-15(7-8-18(17)24)27-22(3,4)5/h11,14-15,18H,7-10,12-13H2,1-6H3. The van der Waals surface area contributed by atoms with Crippen molar-refractivity contribution in [1.82, 2.24) is 4.90 Å². The van der Waals surface area contributed by atoms with Crippen LogP contribution in [0.2, 0.25) is 5.02 Å². The Balaban J connectivity index is 1.84. The van der Waals surface area contributed by atoms with Gasteiger partial charge in [0.25, 0.3) is 0 Å². The van der Waals surface area contributed by atoms with E-state index in [9.17, 15) is 0 Å². The number of fused-ring (bicyclic) bond motifs is 3. The number of ether oxygens (including phenoxy) is 3. The van der Waals surface area contributed by atoms with E-state index < -0.39 is 0 Å². The first-order chi connectivity index (χ1) is 12.7. The number of rotatable bonds is 5. The van der Waals surface area contributed by atoms with E-state index in [0.29, 0.717) is 30.4 Å². The van der Waals surface area contributed by atoms with E-state index in [0.717, 1.165) is 43.1 Å². The number of methoxy groups -OCH3 is 1. The van der Waals surface area contributed by atoms with Crippen molar-refractivity contribution in [2.45, 2.75) is 71.6 Å². The van der Waals surface area contributed by atoms with Gasteiger partial charge in [-0.05, 0) is 63.1 Å². The van der Waals surface area contributed by atoms with Gasteiger partial charge in [-0.25, -0.2) is 0 Å². The van der Waals surface area contributed by atoms with Crippen LogP contribution >= 0.6 is 11.6 Å². The summed E-state index contributed by atoms with van der Waals surface area (Å²) in [5, 5.41) is 0.734. The lowest BCUT2D eigenvalue weighted by Crippen LogP contribution is -2.47. The quantitative estimate of drug-likeness (QED) is 0.680. The second kappa shape index (κ2) is 8.18. The van der Waals surface area contributed by atoms with Crippen LogP contribution in [0.4, 0.5) is 0 Å². The smallest absolute Gasteiger partial charge is 0.180 e. The van der Waals surface area contributed by atoms with Crippen LogP contribution in [-0.4, -0.2) is 43.4 Å². The van der Waals surface area contributed by atoms with Crippen LogP contribution in [-0.2, 0) is 11.2 Å². The Morgan fingerprint density at radius 3 is 2.63 bits per heavy atom. The lowest BCUT2D eigenvalue weighted by Gasteiger charge is -2.45. The molecule has 1 aromatic carbocycles. The molecule has 2 heterocycles. The molecular formula is C22H34ClNO3. The van der Waals surface area contributed by atoms with Gasteiger partial charge in [-0.1, -0.05) is 25.4 Å². The zero-order valence-corrected chi connectivity index (χ0v) is 18.4. The first-order valence-corrected chi connectivity index (χ1v) is 10.5. The van der Waals surface area contributed by atoms with Crippen molar-refractivity contribution >= 4 is 11.6 Å². The maximum atomic E-state index is 6.79. The Bertz CT molecular complexity index is 669. The van der Waals surface area contributed by atoms with Gasteiger partial charge in [-0.15, -0.1) is 0 Å². The normalized spacial score (nSPS) is 23.1. The lowest BCUT2D eigenvalue weighted by molar-refractivity contribution is -0.0971. The lowest BCUT2D eigenvalue weighted by atomic mass is 9.85. The molecule has 3 rings (SSSR count). The highest BCUT2D eigenvalue weighted by molar-refractivity contribution is 6.33. The van der Waals surface area contributed by atoms with E-state index in [1.807, 2.05) is 0 Å². The molecule has 2 aliphatic rings. The van der Waals surface area contributed by atoms with Crippen molar-refractivity contribution < 1.29 is 14.2 Å². The maximum absolute atomic E-state index is 6.79. The number of hydrogen-bond acceptors (Lipinski definition) is 4. The summed E-state index contributed by atoms with van der Waals surface area (Å²) >= 11 is 6.79. The van der Waals surface area contributed by atoms with Crippen molar-refractivity contribution in [1.29, 1.82) is 0 Å². The monoisotopic (exact) mass is 395 g/mol. The second-order valence-electron chi connectivity index (χ2n) is 9.18. The zero-order chi connectivity index (χ0) is 19.8. The summed E-state index contributed by atoms with van der Waals surface area (Å²) in [6.45, 7) is 13.3. The van der Waals surface area contributed by atoms with Gasteiger partial charge in [0.2, 0.25) is 0 Å². The van der Waals surface area contributed by atoms with Gasteiger partial charge >= 0.3 is 0 Å². The van der Waals surface area contributed by atoms with Crippen LogP contribution in [0.1, 0.15) is 64.6 Å². The fraction of sp³-hybridized carbons (Fsp3) is 0.727. The molecule has 1 aromatic rings. The molecule has 0 amide bonds. The molecule has 27 heavy (non-hydrogen) atoms. The summed E-state index contributed by atoms with van der Waals surface area (Å²) < 4.78 is 17.9. The van der Waals surface area contributed by atoms with Crippen LogP contribution in [0.3, 0.4) is 0 Å². The summed E-state index contributed by atoms with van der Waals surface area (Å²) in [5.74, 6) is 1.88. The molecule has 1 saturated heterocycles. The molecule has 0 aliphatic carbocycles. The highest BCUT2D eigenvalue weighted by Crippen LogP contribution is 2.47. The van der Waals surface area contributed by atoms with Gasteiger partial charge in [0.05, 0.1) is 30.4 Å². The Morgan fingerprint density at radius 2 is 2.00 bits per heavy atom. The molecule has 0 aromatic heterocycles. The predicted octanol–water partition coefficient (Wildman–Crippen LogP) is 5.26. The third kappa shape index (κ3) is 4.72. The van der Waals surface area contributed by atoms with Gasteiger partial charge in [-0.2, -0.15) is 0 Å². The predicted molar refractivity (Wildman–Crippen MR) is 110 cm³/mol. The SMILES string of the molecule is COc1cc2c(c(Cl)c1OCC(C)C)CCN1CC(OC(C)(C)C)CCC21. The van der Waals surface area contributed by atoms with Gasteiger partial charge < -0.3 is 14.2 Å². The highest BCUT2D eigenvalue weighted by atomic mass is 35.5. The average molecular weight is 396 g/mol. The topological polar surface area (TPSA) is 30.9 Å². The summed E-state index contributed by atoms with van der Waals surface area (Å²) in [4.78, 5) is 2.55. The van der Waals surface area contributed by atoms with Crippen molar-refractivity contribution in [3.8, 4) is 11.5 Å². The molecule has 4 nitrogen and oxygen atoms in total. The third-order valence-corrected chi connectivity index (χ3v) is 5.67. The van der Waals surface area contributed by atoms with Crippen LogP contribution in [0, 0.1) is 5.92 Å². The number of benzene rings is 1. The molecule has 2 unspecified atom stereocenters. The number of piperidine rings is 1. The molecule has 1 fully saturated rings. The molecule has 0 bridgehead atoms. The minimum absolute atomic E-state index is 0.0968. The van der Waals surface area contributed by atoms with E-state index in [1.54, 1.807) is 7.11 Å². The van der Waals surface area contributed by atoms with Crippen molar-refractivity contribution in [3.63, 3.8) is 0 Å². The van der Waals surface area contributed by atoms with E-state index in [4.69, 9.17) is 25.8 Å². The van der Waals surface area contributed by atoms with Crippen LogP contribution < -0.4 is 9.47 Å². The molecule has 2 atom stereocenters. The maximum Gasteiger partial charge on any atom is 0.180 e. The molecule has 152 valence electrons. The fourth-order valence-electron chi connectivity index (χ4n) is 4.21. The average Bonchev–Trinajstić information content (AvgIpc) is 2.58. The fourth-order valence-corrected chi connectivity index (χ4v) is 4.56. The molecule has 5 heteroatoms. The largest absolute Gasteiger partial charge is 0.493 e. The van der Waals surface area contributed by atoms with E-state index >= 15 is 0 Å². The minimum Gasteiger partial charge on any atom is -0.493 e. The van der Waals surface area contributed by atoms with Crippen molar-refractivity contribution in [2.75, 3.05) is 26.8 Å². The van der Waals surface area contributed by atoms with Crippen LogP contribution in [0.25, 0.3) is 0 Å². The van der Waals surface area contributed by atoms with Crippen LogP contribution in [0.15, 0.2) is 6.07 Å². The van der Waals surface area contributed by atoms with E-state index in [2.05, 4.69) is 45.6 Å². The zero-order valence-electron chi connectivity index (χ0n) is 17.6. The van der Waals surface area contributed by atoms with Gasteiger partial charge in [0.15, 0.2) is 11.5 Å². The highest BCUT2D eigenvalue weighted by Gasteiger charge is 2.37. The molecule has 0 saturated carbocycles. The molecule has 2 aliphatic heterocycles. The number of halogens is 1. The summed E-state index contributed by atoms with van der Waals surface area (Å²) in [6, 6.07) is 2.54. The second-order valence-corrected chi connectivity index (χ2v) is 9.56. The summed E-state index contributed by atoms with van der Waals surface area (Å²) in [6.07, 6.45) is 3.39. The van der Waals surface area contributed by atoms with Crippen LogP contribution in [0.5, 0.6) is 11.5 Å². The van der Waals surface area contributed by atoms with Gasteiger partial charge in [0, 0.05) is 19.1 Å². The molecule has 0 N–H and O–H groups in total. The Hall–Kier alpha value is -0.970. The minimum atomic E-state index is -0.0968. The van der Waals surface area contributed by atoms with Gasteiger partial charge in [-0.3, -0.25) is 4.90 Å².